The molecule has 0 saturated heterocycles. The zero-order valence-corrected chi connectivity index (χ0v) is 9.81. The number of alkyl halides is 2. The Bertz CT molecular complexity index is 339. The van der Waals surface area contributed by atoms with Crippen LogP contribution in [0.3, 0.4) is 0 Å². The second-order valence-electron chi connectivity index (χ2n) is 4.52. The maximum atomic E-state index is 13.3. The first kappa shape index (κ1) is 11.8. The molecule has 16 heavy (non-hydrogen) atoms. The molecule has 0 radical (unpaired) electrons. The van der Waals surface area contributed by atoms with Crippen molar-refractivity contribution in [2.75, 3.05) is 0 Å². The van der Waals surface area contributed by atoms with Gasteiger partial charge in [-0.1, -0.05) is 43.0 Å². The highest BCUT2D eigenvalue weighted by atomic mass is 35.5. The van der Waals surface area contributed by atoms with Crippen LogP contribution in [-0.2, 0) is 5.41 Å². The summed E-state index contributed by atoms with van der Waals surface area (Å²) >= 11 is 5.79. The van der Waals surface area contributed by atoms with E-state index in [9.17, 15) is 8.78 Å². The summed E-state index contributed by atoms with van der Waals surface area (Å²) in [5.41, 5.74) is -0.186. The molecule has 0 amide bonds. The minimum absolute atomic E-state index is 0.590. The van der Waals surface area contributed by atoms with Crippen LogP contribution in [0.2, 0.25) is 5.02 Å². The molecule has 1 aromatic carbocycles. The zero-order chi connectivity index (χ0) is 11.6. The molecule has 3 heteroatoms. The van der Waals surface area contributed by atoms with Crippen LogP contribution in [0, 0.1) is 0 Å². The Morgan fingerprint density at radius 3 is 2.06 bits per heavy atom. The Balaban J connectivity index is 2.34. The third-order valence-electron chi connectivity index (χ3n) is 3.58. The van der Waals surface area contributed by atoms with Crippen molar-refractivity contribution in [3.63, 3.8) is 0 Å². The molecule has 1 aromatic rings. The van der Waals surface area contributed by atoms with Crippen LogP contribution >= 0.6 is 11.6 Å². The molecule has 0 heterocycles. The van der Waals surface area contributed by atoms with Crippen molar-refractivity contribution in [3.8, 4) is 0 Å². The summed E-state index contributed by atoms with van der Waals surface area (Å²) in [6.45, 7) is 0. The molecule has 0 aromatic heterocycles. The highest BCUT2D eigenvalue weighted by Crippen LogP contribution is 2.44. The first-order chi connectivity index (χ1) is 7.65. The Labute approximate surface area is 99.6 Å². The molecule has 0 unspecified atom stereocenters. The fraction of sp³-hybridized carbons (Fsp3) is 0.538. The van der Waals surface area contributed by atoms with Crippen LogP contribution in [0.1, 0.15) is 37.7 Å². The van der Waals surface area contributed by atoms with Gasteiger partial charge in [-0.3, -0.25) is 0 Å². The van der Waals surface area contributed by atoms with Crippen molar-refractivity contribution < 1.29 is 8.78 Å². The normalized spacial score (nSPS) is 20.0. The molecular formula is C13H15ClF2. The Kier molecular flexibility index (Phi) is 3.48. The van der Waals surface area contributed by atoms with E-state index < -0.39 is 11.8 Å². The third kappa shape index (κ3) is 2.08. The number of hydrogen-bond acceptors (Lipinski definition) is 0. The topological polar surface area (TPSA) is 0 Å². The van der Waals surface area contributed by atoms with Crippen LogP contribution in [0.25, 0.3) is 0 Å². The molecule has 0 spiro atoms. The van der Waals surface area contributed by atoms with Gasteiger partial charge < -0.3 is 0 Å². The van der Waals surface area contributed by atoms with E-state index in [1.165, 1.54) is 0 Å². The highest BCUT2D eigenvalue weighted by Gasteiger charge is 2.42. The predicted molar refractivity (Wildman–Crippen MR) is 62.2 cm³/mol. The monoisotopic (exact) mass is 244 g/mol. The zero-order valence-electron chi connectivity index (χ0n) is 9.06. The summed E-state index contributed by atoms with van der Waals surface area (Å²) in [6, 6.07) is 6.91. The smallest absolute Gasteiger partial charge is 0.210 e. The molecule has 0 bridgehead atoms. The molecule has 1 saturated carbocycles. The molecule has 2 rings (SSSR count). The SMILES string of the molecule is FC(F)C1(c2ccc(Cl)cc2)CCCCC1. The summed E-state index contributed by atoms with van der Waals surface area (Å²) in [7, 11) is 0. The number of hydrogen-bond donors (Lipinski definition) is 0. The fourth-order valence-electron chi connectivity index (χ4n) is 2.60. The Morgan fingerprint density at radius 2 is 1.56 bits per heavy atom. The predicted octanol–water partition coefficient (Wildman–Crippen LogP) is 4.81. The van der Waals surface area contributed by atoms with E-state index in [1.807, 2.05) is 0 Å². The van der Waals surface area contributed by atoms with Gasteiger partial charge in [0.1, 0.15) is 0 Å². The average Bonchev–Trinajstić information content (AvgIpc) is 2.30. The maximum Gasteiger partial charge on any atom is 0.248 e. The molecule has 88 valence electrons. The minimum atomic E-state index is -2.28. The van der Waals surface area contributed by atoms with Crippen molar-refractivity contribution in [1.82, 2.24) is 0 Å². The van der Waals surface area contributed by atoms with Gasteiger partial charge in [-0.15, -0.1) is 0 Å². The van der Waals surface area contributed by atoms with Crippen LogP contribution in [0.15, 0.2) is 24.3 Å². The average molecular weight is 245 g/mol. The Hall–Kier alpha value is -0.630. The molecule has 1 aliphatic carbocycles. The van der Waals surface area contributed by atoms with Gasteiger partial charge in [-0.25, -0.2) is 8.78 Å². The van der Waals surface area contributed by atoms with Gasteiger partial charge in [0, 0.05) is 5.02 Å². The summed E-state index contributed by atoms with van der Waals surface area (Å²) in [5.74, 6) is 0. The van der Waals surface area contributed by atoms with E-state index >= 15 is 0 Å². The lowest BCUT2D eigenvalue weighted by molar-refractivity contribution is 0.0254. The molecule has 0 nitrogen and oxygen atoms in total. The van der Waals surface area contributed by atoms with Crippen molar-refractivity contribution >= 4 is 11.6 Å². The van der Waals surface area contributed by atoms with E-state index in [0.717, 1.165) is 24.8 Å². The quantitative estimate of drug-likeness (QED) is 0.701. The summed E-state index contributed by atoms with van der Waals surface area (Å²) in [6.07, 6.45) is 1.76. The van der Waals surface area contributed by atoms with Crippen LogP contribution in [-0.4, -0.2) is 6.43 Å². The molecule has 0 aliphatic heterocycles. The van der Waals surface area contributed by atoms with E-state index in [2.05, 4.69) is 0 Å². The van der Waals surface area contributed by atoms with Gasteiger partial charge in [0.15, 0.2) is 0 Å². The second kappa shape index (κ2) is 4.70. The second-order valence-corrected chi connectivity index (χ2v) is 4.96. The lowest BCUT2D eigenvalue weighted by atomic mass is 9.70. The number of rotatable bonds is 2. The lowest BCUT2D eigenvalue weighted by Crippen LogP contribution is -2.36. The number of halogens is 3. The van der Waals surface area contributed by atoms with Crippen molar-refractivity contribution in [2.24, 2.45) is 0 Å². The van der Waals surface area contributed by atoms with E-state index in [0.29, 0.717) is 17.9 Å². The van der Waals surface area contributed by atoms with E-state index in [-0.39, 0.29) is 0 Å². The molecule has 0 N–H and O–H groups in total. The van der Waals surface area contributed by atoms with Crippen molar-refractivity contribution in [1.29, 1.82) is 0 Å². The van der Waals surface area contributed by atoms with Gasteiger partial charge in [-0.2, -0.15) is 0 Å². The number of benzene rings is 1. The lowest BCUT2D eigenvalue weighted by Gasteiger charge is -2.37. The van der Waals surface area contributed by atoms with Crippen LogP contribution < -0.4 is 0 Å². The molecule has 0 atom stereocenters. The van der Waals surface area contributed by atoms with Gasteiger partial charge in [0.2, 0.25) is 6.43 Å². The van der Waals surface area contributed by atoms with Crippen molar-refractivity contribution in [3.05, 3.63) is 34.9 Å². The fourth-order valence-corrected chi connectivity index (χ4v) is 2.72. The van der Waals surface area contributed by atoms with Gasteiger partial charge in [0.05, 0.1) is 5.41 Å². The van der Waals surface area contributed by atoms with Crippen molar-refractivity contribution in [2.45, 2.75) is 43.9 Å². The third-order valence-corrected chi connectivity index (χ3v) is 3.83. The highest BCUT2D eigenvalue weighted by molar-refractivity contribution is 6.30. The minimum Gasteiger partial charge on any atom is -0.210 e. The molecule has 1 fully saturated rings. The molecule has 1 aliphatic rings. The Morgan fingerprint density at radius 1 is 1.00 bits per heavy atom. The van der Waals surface area contributed by atoms with Gasteiger partial charge >= 0.3 is 0 Å². The van der Waals surface area contributed by atoms with Gasteiger partial charge in [0.25, 0.3) is 0 Å². The summed E-state index contributed by atoms with van der Waals surface area (Å²) in [5, 5.41) is 0.601. The van der Waals surface area contributed by atoms with E-state index in [1.54, 1.807) is 24.3 Å². The maximum absolute atomic E-state index is 13.3. The standard InChI is InChI=1S/C13H15ClF2/c14-11-6-4-10(5-7-11)13(12(15)16)8-2-1-3-9-13/h4-7,12H,1-3,8-9H2. The van der Waals surface area contributed by atoms with Crippen LogP contribution in [0.4, 0.5) is 8.78 Å². The van der Waals surface area contributed by atoms with Gasteiger partial charge in [-0.05, 0) is 30.5 Å². The first-order valence-electron chi connectivity index (χ1n) is 5.69. The first-order valence-corrected chi connectivity index (χ1v) is 6.07. The molecular weight excluding hydrogens is 230 g/mol. The summed E-state index contributed by atoms with van der Waals surface area (Å²) in [4.78, 5) is 0. The van der Waals surface area contributed by atoms with Crippen LogP contribution in [0.5, 0.6) is 0 Å². The largest absolute Gasteiger partial charge is 0.248 e. The van der Waals surface area contributed by atoms with E-state index in [4.69, 9.17) is 11.6 Å². The summed E-state index contributed by atoms with van der Waals surface area (Å²) < 4.78 is 26.7.